The lowest BCUT2D eigenvalue weighted by Gasteiger charge is -2.20. The van der Waals surface area contributed by atoms with Crippen LogP contribution in [0.1, 0.15) is 32.1 Å². The Labute approximate surface area is 150 Å². The Balaban J connectivity index is 1.24. The number of carbonyl (C=O) groups excluding carboxylic acids is 1. The van der Waals surface area contributed by atoms with Gasteiger partial charge in [-0.05, 0) is 49.1 Å². The number of hydrogen-bond acceptors (Lipinski definition) is 3. The Hall–Kier alpha value is -2.14. The van der Waals surface area contributed by atoms with Crippen LogP contribution < -0.4 is 5.32 Å². The third-order valence-corrected chi connectivity index (χ3v) is 6.66. The first-order valence-electron chi connectivity index (χ1n) is 9.07. The lowest BCUT2D eigenvalue weighted by Crippen LogP contribution is -2.20. The van der Waals surface area contributed by atoms with Crippen molar-refractivity contribution in [2.45, 2.75) is 32.1 Å². The van der Waals surface area contributed by atoms with Crippen LogP contribution in [-0.2, 0) is 4.79 Å². The summed E-state index contributed by atoms with van der Waals surface area (Å²) in [6, 6.07) is 8.00. The Morgan fingerprint density at radius 2 is 2.12 bits per heavy atom. The summed E-state index contributed by atoms with van der Waals surface area (Å²) in [4.78, 5) is 18.0. The second-order valence-electron chi connectivity index (χ2n) is 7.48. The lowest BCUT2D eigenvalue weighted by atomic mass is 9.86. The number of rotatable bonds is 4. The van der Waals surface area contributed by atoms with Gasteiger partial charge in [-0.25, -0.2) is 4.98 Å². The molecule has 1 amide bonds. The van der Waals surface area contributed by atoms with E-state index in [0.717, 1.165) is 33.7 Å². The number of fused-ring (bicyclic) bond motifs is 3. The maximum Gasteiger partial charge on any atom is 0.224 e. The minimum atomic E-state index is 0.160. The number of hydrogen-bond donors (Lipinski definition) is 1. The highest BCUT2D eigenvalue weighted by molar-refractivity contribution is 7.15. The van der Waals surface area contributed by atoms with Crippen molar-refractivity contribution in [3.63, 3.8) is 0 Å². The van der Waals surface area contributed by atoms with E-state index in [9.17, 15) is 4.79 Å². The largest absolute Gasteiger partial charge is 0.326 e. The highest BCUT2D eigenvalue weighted by Crippen LogP contribution is 2.49. The molecule has 3 atom stereocenters. The molecule has 1 N–H and O–H groups in total. The summed E-state index contributed by atoms with van der Waals surface area (Å²) in [5, 5.41) is 5.09. The fourth-order valence-electron chi connectivity index (χ4n) is 4.67. The van der Waals surface area contributed by atoms with Crippen molar-refractivity contribution in [1.82, 2.24) is 9.38 Å². The van der Waals surface area contributed by atoms with Gasteiger partial charge in [0.25, 0.3) is 0 Å². The fraction of sp³-hybridized carbons (Fsp3) is 0.400. The van der Waals surface area contributed by atoms with Gasteiger partial charge < -0.3 is 5.32 Å². The van der Waals surface area contributed by atoms with Crippen LogP contribution in [0.5, 0.6) is 0 Å². The van der Waals surface area contributed by atoms with Gasteiger partial charge in [0, 0.05) is 35.4 Å². The predicted octanol–water partition coefficient (Wildman–Crippen LogP) is 4.83. The minimum absolute atomic E-state index is 0.160. The van der Waals surface area contributed by atoms with Crippen LogP contribution in [0.3, 0.4) is 0 Å². The average Bonchev–Trinajstić information content (AvgIpc) is 3.36. The topological polar surface area (TPSA) is 46.4 Å². The summed E-state index contributed by atoms with van der Waals surface area (Å²) in [5.41, 5.74) is 2.91. The summed E-state index contributed by atoms with van der Waals surface area (Å²) in [6.07, 6.45) is 10.1. The van der Waals surface area contributed by atoms with E-state index in [4.69, 9.17) is 0 Å². The number of imidazole rings is 1. The van der Waals surface area contributed by atoms with Crippen LogP contribution >= 0.6 is 11.3 Å². The van der Waals surface area contributed by atoms with E-state index in [1.165, 1.54) is 25.7 Å². The van der Waals surface area contributed by atoms with Gasteiger partial charge in [-0.1, -0.05) is 18.6 Å². The molecule has 0 saturated heterocycles. The Morgan fingerprint density at radius 1 is 1.24 bits per heavy atom. The van der Waals surface area contributed by atoms with Crippen molar-refractivity contribution in [1.29, 1.82) is 0 Å². The number of anilines is 1. The van der Waals surface area contributed by atoms with Crippen molar-refractivity contribution in [2.75, 3.05) is 5.32 Å². The van der Waals surface area contributed by atoms with Gasteiger partial charge in [-0.15, -0.1) is 11.3 Å². The molecule has 2 aromatic heterocycles. The third-order valence-electron chi connectivity index (χ3n) is 5.89. The minimum Gasteiger partial charge on any atom is -0.326 e. The maximum absolute atomic E-state index is 12.4. The first kappa shape index (κ1) is 15.1. The number of carbonyl (C=O) groups is 1. The molecule has 1 aromatic carbocycles. The summed E-state index contributed by atoms with van der Waals surface area (Å²) < 4.78 is 2.03. The molecular formula is C20H21N3OS. The Morgan fingerprint density at radius 3 is 2.84 bits per heavy atom. The van der Waals surface area contributed by atoms with E-state index in [2.05, 4.69) is 10.3 Å². The number of nitrogens with one attached hydrogen (secondary N) is 1. The molecule has 2 bridgehead atoms. The molecule has 5 rings (SSSR count). The van der Waals surface area contributed by atoms with Gasteiger partial charge in [0.05, 0.1) is 5.69 Å². The number of benzene rings is 1. The molecule has 2 fully saturated rings. The molecular weight excluding hydrogens is 330 g/mol. The average molecular weight is 351 g/mol. The van der Waals surface area contributed by atoms with Crippen LogP contribution in [0.15, 0.2) is 42.0 Å². The summed E-state index contributed by atoms with van der Waals surface area (Å²) in [6.45, 7) is 0. The highest BCUT2D eigenvalue weighted by atomic mass is 32.1. The standard InChI is InChI=1S/C20H21N3OS/c24-19(11-16-10-13-1-2-15(16)9-13)21-17-5-3-14(4-6-17)18-12-23-7-8-25-20(23)22-18/h3-8,12-13,15-16H,1-2,9-11H2,(H,21,24). The van der Waals surface area contributed by atoms with Crippen LogP contribution in [0.4, 0.5) is 5.69 Å². The van der Waals surface area contributed by atoms with E-state index in [1.807, 2.05) is 46.4 Å². The van der Waals surface area contributed by atoms with E-state index >= 15 is 0 Å². The Kier molecular flexibility index (Phi) is 3.63. The summed E-state index contributed by atoms with van der Waals surface area (Å²) in [5.74, 6) is 2.46. The Bertz CT molecular complexity index is 882. The fourth-order valence-corrected chi connectivity index (χ4v) is 5.37. The van der Waals surface area contributed by atoms with Crippen LogP contribution in [0.2, 0.25) is 0 Å². The van der Waals surface area contributed by atoms with E-state index in [1.54, 1.807) is 11.3 Å². The molecule has 25 heavy (non-hydrogen) atoms. The number of thiazole rings is 1. The van der Waals surface area contributed by atoms with Crippen LogP contribution in [-0.4, -0.2) is 15.3 Å². The van der Waals surface area contributed by atoms with Gasteiger partial charge in [0.2, 0.25) is 5.91 Å². The molecule has 0 radical (unpaired) electrons. The highest BCUT2D eigenvalue weighted by Gasteiger charge is 2.40. The van der Waals surface area contributed by atoms with Crippen molar-refractivity contribution in [3.05, 3.63) is 42.0 Å². The van der Waals surface area contributed by atoms with Crippen molar-refractivity contribution in [3.8, 4) is 11.3 Å². The summed E-state index contributed by atoms with van der Waals surface area (Å²) in [7, 11) is 0. The molecule has 0 spiro atoms. The molecule has 2 aliphatic rings. The second kappa shape index (κ2) is 5.99. The van der Waals surface area contributed by atoms with Crippen molar-refractivity contribution in [2.24, 2.45) is 17.8 Å². The molecule has 3 aromatic rings. The molecule has 2 saturated carbocycles. The van der Waals surface area contributed by atoms with Crippen LogP contribution in [0.25, 0.3) is 16.2 Å². The predicted molar refractivity (Wildman–Crippen MR) is 101 cm³/mol. The van der Waals surface area contributed by atoms with Gasteiger partial charge in [-0.3, -0.25) is 9.20 Å². The summed E-state index contributed by atoms with van der Waals surface area (Å²) >= 11 is 1.63. The molecule has 3 unspecified atom stereocenters. The quantitative estimate of drug-likeness (QED) is 0.732. The number of amides is 1. The smallest absolute Gasteiger partial charge is 0.224 e. The van der Waals surface area contributed by atoms with E-state index < -0.39 is 0 Å². The maximum atomic E-state index is 12.4. The normalized spacial score (nSPS) is 24.9. The lowest BCUT2D eigenvalue weighted by molar-refractivity contribution is -0.117. The zero-order chi connectivity index (χ0) is 16.8. The molecule has 2 heterocycles. The second-order valence-corrected chi connectivity index (χ2v) is 8.36. The molecule has 2 aliphatic carbocycles. The molecule has 4 nitrogen and oxygen atoms in total. The van der Waals surface area contributed by atoms with Gasteiger partial charge in [0.15, 0.2) is 4.96 Å². The van der Waals surface area contributed by atoms with Gasteiger partial charge in [-0.2, -0.15) is 0 Å². The molecule has 5 heteroatoms. The van der Waals surface area contributed by atoms with Crippen molar-refractivity contribution >= 4 is 27.9 Å². The molecule has 0 aliphatic heterocycles. The number of nitrogens with zero attached hydrogens (tertiary/aromatic N) is 2. The van der Waals surface area contributed by atoms with Crippen molar-refractivity contribution < 1.29 is 4.79 Å². The van der Waals surface area contributed by atoms with E-state index in [0.29, 0.717) is 12.3 Å². The van der Waals surface area contributed by atoms with E-state index in [-0.39, 0.29) is 5.91 Å². The van der Waals surface area contributed by atoms with Gasteiger partial charge in [0.1, 0.15) is 0 Å². The first-order valence-corrected chi connectivity index (χ1v) is 9.95. The molecule has 128 valence electrons. The van der Waals surface area contributed by atoms with Crippen LogP contribution in [0, 0.1) is 17.8 Å². The first-order chi connectivity index (χ1) is 12.2. The van der Waals surface area contributed by atoms with Gasteiger partial charge >= 0.3 is 0 Å². The monoisotopic (exact) mass is 351 g/mol. The zero-order valence-electron chi connectivity index (χ0n) is 14.0. The zero-order valence-corrected chi connectivity index (χ0v) is 14.8. The SMILES string of the molecule is O=C(CC1CC2CCC1C2)Nc1ccc(-c2cn3ccsc3n2)cc1. The number of aromatic nitrogens is 2. The third kappa shape index (κ3) is 2.86.